The van der Waals surface area contributed by atoms with Gasteiger partial charge in [-0.3, -0.25) is 9.69 Å². The number of methoxy groups -OCH3 is 2. The second kappa shape index (κ2) is 11.2. The maximum atomic E-state index is 13.2. The van der Waals surface area contributed by atoms with Crippen LogP contribution in [0.15, 0.2) is 54.6 Å². The number of rotatable bonds is 9. The molecule has 0 radical (unpaired) electrons. The average Bonchev–Trinajstić information content (AvgIpc) is 3.24. The van der Waals surface area contributed by atoms with Gasteiger partial charge in [-0.15, -0.1) is 0 Å². The molecule has 4 rings (SSSR count). The third-order valence-electron chi connectivity index (χ3n) is 6.23. The van der Waals surface area contributed by atoms with Crippen LogP contribution in [0.5, 0.6) is 11.5 Å². The van der Waals surface area contributed by atoms with Crippen molar-refractivity contribution in [2.45, 2.75) is 13.3 Å². The van der Waals surface area contributed by atoms with E-state index >= 15 is 0 Å². The Morgan fingerprint density at radius 1 is 1.00 bits per heavy atom. The van der Waals surface area contributed by atoms with E-state index in [2.05, 4.69) is 26.9 Å². The molecule has 1 aliphatic rings. The van der Waals surface area contributed by atoms with Gasteiger partial charge < -0.3 is 24.1 Å². The summed E-state index contributed by atoms with van der Waals surface area (Å²) in [4.78, 5) is 15.5. The van der Waals surface area contributed by atoms with Gasteiger partial charge >= 0.3 is 0 Å². The summed E-state index contributed by atoms with van der Waals surface area (Å²) < 4.78 is 18.4. The molecule has 3 aromatic rings. The highest BCUT2D eigenvalue weighted by atomic mass is 16.5. The molecular weight excluding hydrogens is 430 g/mol. The molecule has 0 spiro atoms. The summed E-state index contributed by atoms with van der Waals surface area (Å²) in [7, 11) is 3.24. The van der Waals surface area contributed by atoms with Crippen LogP contribution in [0.4, 0.5) is 0 Å². The van der Waals surface area contributed by atoms with E-state index in [9.17, 15) is 4.79 Å². The maximum Gasteiger partial charge on any atom is 0.253 e. The van der Waals surface area contributed by atoms with Crippen LogP contribution < -0.4 is 14.8 Å². The van der Waals surface area contributed by atoms with Crippen LogP contribution in [0.3, 0.4) is 0 Å². The molecule has 1 N–H and O–H groups in total. The van der Waals surface area contributed by atoms with E-state index in [1.54, 1.807) is 14.2 Å². The highest BCUT2D eigenvalue weighted by Gasteiger charge is 2.20. The first-order valence-corrected chi connectivity index (χ1v) is 11.7. The predicted octanol–water partition coefficient (Wildman–Crippen LogP) is 3.92. The van der Waals surface area contributed by atoms with Crippen molar-refractivity contribution in [3.63, 3.8) is 0 Å². The molecule has 7 nitrogen and oxygen atoms in total. The lowest BCUT2D eigenvalue weighted by molar-refractivity contribution is 0.0374. The Morgan fingerprint density at radius 3 is 2.44 bits per heavy atom. The molecule has 7 heteroatoms. The van der Waals surface area contributed by atoms with Gasteiger partial charge in [0.15, 0.2) is 11.5 Å². The number of amides is 1. The van der Waals surface area contributed by atoms with E-state index in [-0.39, 0.29) is 5.91 Å². The number of ether oxygens (including phenoxy) is 3. The normalized spacial score (nSPS) is 14.1. The lowest BCUT2D eigenvalue weighted by Gasteiger charge is -2.26. The second-order valence-corrected chi connectivity index (χ2v) is 8.33. The Bertz CT molecular complexity index is 1100. The SMILES string of the molecule is COc1ccc(-n2c(-c3ccccc3)cc(C(=O)NCCCN3CCOCC3)c2C)cc1OC. The quantitative estimate of drug-likeness (QED) is 0.488. The molecular formula is C27H33N3O4. The molecule has 0 atom stereocenters. The van der Waals surface area contributed by atoms with Gasteiger partial charge in [0.2, 0.25) is 0 Å². The van der Waals surface area contributed by atoms with Gasteiger partial charge in [-0.1, -0.05) is 30.3 Å². The summed E-state index contributed by atoms with van der Waals surface area (Å²) in [5.41, 5.74) is 4.42. The van der Waals surface area contributed by atoms with Gasteiger partial charge in [0.05, 0.1) is 38.7 Å². The van der Waals surface area contributed by atoms with Crippen LogP contribution in [-0.4, -0.2) is 69.0 Å². The summed E-state index contributed by atoms with van der Waals surface area (Å²) in [5, 5.41) is 3.11. The molecule has 0 unspecified atom stereocenters. The summed E-state index contributed by atoms with van der Waals surface area (Å²) in [5.74, 6) is 1.24. The minimum absolute atomic E-state index is 0.0594. The first-order valence-electron chi connectivity index (χ1n) is 11.7. The van der Waals surface area contributed by atoms with Gasteiger partial charge in [-0.2, -0.15) is 0 Å². The molecule has 34 heavy (non-hydrogen) atoms. The second-order valence-electron chi connectivity index (χ2n) is 8.33. The van der Waals surface area contributed by atoms with Crippen molar-refractivity contribution in [2.75, 3.05) is 53.6 Å². The van der Waals surface area contributed by atoms with E-state index in [4.69, 9.17) is 14.2 Å². The zero-order chi connectivity index (χ0) is 23.9. The van der Waals surface area contributed by atoms with Gasteiger partial charge in [-0.05, 0) is 43.7 Å². The van der Waals surface area contributed by atoms with Crippen molar-refractivity contribution in [2.24, 2.45) is 0 Å². The Kier molecular flexibility index (Phi) is 7.87. The fourth-order valence-corrected chi connectivity index (χ4v) is 4.38. The zero-order valence-electron chi connectivity index (χ0n) is 20.2. The Balaban J connectivity index is 1.59. The molecule has 180 valence electrons. The Labute approximate surface area is 201 Å². The van der Waals surface area contributed by atoms with E-state index in [1.165, 1.54) is 0 Å². The number of carbonyl (C=O) groups excluding carboxylic acids is 1. The number of morpholine rings is 1. The third-order valence-corrected chi connectivity index (χ3v) is 6.23. The molecule has 1 saturated heterocycles. The van der Waals surface area contributed by atoms with Gasteiger partial charge in [0.25, 0.3) is 5.91 Å². The number of nitrogens with one attached hydrogen (secondary N) is 1. The summed E-state index contributed by atoms with van der Waals surface area (Å²) in [6.07, 6.45) is 0.909. The molecule has 1 fully saturated rings. The zero-order valence-corrected chi connectivity index (χ0v) is 20.2. The van der Waals surface area contributed by atoms with Crippen molar-refractivity contribution in [1.29, 1.82) is 0 Å². The number of benzene rings is 2. The maximum absolute atomic E-state index is 13.2. The molecule has 2 heterocycles. The first kappa shape index (κ1) is 23.9. The van der Waals surface area contributed by atoms with Crippen molar-refractivity contribution in [1.82, 2.24) is 14.8 Å². The van der Waals surface area contributed by atoms with Gasteiger partial charge in [0, 0.05) is 37.1 Å². The largest absolute Gasteiger partial charge is 0.493 e. The van der Waals surface area contributed by atoms with E-state index in [0.717, 1.165) is 61.9 Å². The van der Waals surface area contributed by atoms with Crippen LogP contribution in [0.1, 0.15) is 22.5 Å². The fourth-order valence-electron chi connectivity index (χ4n) is 4.38. The summed E-state index contributed by atoms with van der Waals surface area (Å²) in [6, 6.07) is 17.9. The van der Waals surface area contributed by atoms with E-state index < -0.39 is 0 Å². The molecule has 0 aliphatic carbocycles. The number of nitrogens with zero attached hydrogens (tertiary/aromatic N) is 2. The van der Waals surface area contributed by atoms with E-state index in [0.29, 0.717) is 23.6 Å². The molecule has 1 aliphatic heterocycles. The topological polar surface area (TPSA) is 65.0 Å². The van der Waals surface area contributed by atoms with E-state index in [1.807, 2.05) is 49.4 Å². The highest BCUT2D eigenvalue weighted by Crippen LogP contribution is 2.34. The molecule has 0 bridgehead atoms. The summed E-state index contributed by atoms with van der Waals surface area (Å²) in [6.45, 7) is 7.08. The van der Waals surface area contributed by atoms with Crippen LogP contribution in [0.2, 0.25) is 0 Å². The molecule has 2 aromatic carbocycles. The predicted molar refractivity (Wildman–Crippen MR) is 133 cm³/mol. The Morgan fingerprint density at radius 2 is 1.74 bits per heavy atom. The minimum atomic E-state index is -0.0594. The summed E-state index contributed by atoms with van der Waals surface area (Å²) >= 11 is 0. The number of carbonyl (C=O) groups is 1. The molecule has 0 saturated carbocycles. The highest BCUT2D eigenvalue weighted by molar-refractivity contribution is 5.97. The van der Waals surface area contributed by atoms with Crippen LogP contribution in [-0.2, 0) is 4.74 Å². The smallest absolute Gasteiger partial charge is 0.253 e. The number of hydrogen-bond donors (Lipinski definition) is 1. The lowest BCUT2D eigenvalue weighted by atomic mass is 10.1. The van der Waals surface area contributed by atoms with Crippen molar-refractivity contribution in [3.8, 4) is 28.4 Å². The van der Waals surface area contributed by atoms with Crippen molar-refractivity contribution in [3.05, 3.63) is 65.9 Å². The van der Waals surface area contributed by atoms with Crippen molar-refractivity contribution >= 4 is 5.91 Å². The van der Waals surface area contributed by atoms with Gasteiger partial charge in [0.1, 0.15) is 0 Å². The third kappa shape index (κ3) is 5.26. The Hall–Kier alpha value is -3.29. The van der Waals surface area contributed by atoms with Crippen LogP contribution >= 0.6 is 0 Å². The lowest BCUT2D eigenvalue weighted by Crippen LogP contribution is -2.38. The monoisotopic (exact) mass is 463 g/mol. The number of aromatic nitrogens is 1. The van der Waals surface area contributed by atoms with Crippen molar-refractivity contribution < 1.29 is 19.0 Å². The van der Waals surface area contributed by atoms with Gasteiger partial charge in [-0.25, -0.2) is 0 Å². The standard InChI is InChI=1S/C27H33N3O4/c1-20-23(27(31)28-12-7-13-29-14-16-34-17-15-29)19-24(21-8-5-4-6-9-21)30(20)22-10-11-25(32-2)26(18-22)33-3/h4-6,8-11,18-19H,7,12-17H2,1-3H3,(H,28,31). The van der Waals surface area contributed by atoms with Crippen LogP contribution in [0, 0.1) is 6.92 Å². The fraction of sp³-hybridized carbons (Fsp3) is 0.370. The average molecular weight is 464 g/mol. The molecule has 1 amide bonds. The first-order chi connectivity index (χ1) is 16.6. The molecule has 1 aromatic heterocycles. The number of hydrogen-bond acceptors (Lipinski definition) is 5. The van der Waals surface area contributed by atoms with Crippen LogP contribution in [0.25, 0.3) is 16.9 Å². The minimum Gasteiger partial charge on any atom is -0.493 e.